The number of nitrogens with zero attached hydrogens (tertiary/aromatic N) is 4. The van der Waals surface area contributed by atoms with Crippen molar-refractivity contribution in [2.45, 2.75) is 6.54 Å². The Morgan fingerprint density at radius 1 is 1.18 bits per heavy atom. The first-order chi connectivity index (χ1) is 16.1. The molecule has 1 aliphatic rings. The maximum absolute atomic E-state index is 12.5. The van der Waals surface area contributed by atoms with Gasteiger partial charge in [0.25, 0.3) is 5.91 Å². The number of piperazine rings is 1. The van der Waals surface area contributed by atoms with Crippen molar-refractivity contribution in [3.8, 4) is 17.2 Å². The number of hydrogen-bond acceptors (Lipinski definition) is 7. The van der Waals surface area contributed by atoms with E-state index in [1.54, 1.807) is 37.6 Å². The summed E-state index contributed by atoms with van der Waals surface area (Å²) in [7, 11) is 1.56. The summed E-state index contributed by atoms with van der Waals surface area (Å²) < 4.78 is 0. The van der Waals surface area contributed by atoms with Crippen molar-refractivity contribution in [3.63, 3.8) is 0 Å². The summed E-state index contributed by atoms with van der Waals surface area (Å²) in [5.74, 6) is 0.378. The molecule has 0 aliphatic carbocycles. The van der Waals surface area contributed by atoms with Crippen LogP contribution in [0.1, 0.15) is 21.5 Å². The van der Waals surface area contributed by atoms with Crippen molar-refractivity contribution in [2.24, 2.45) is 0 Å². The largest absolute Gasteiger partial charge is 0.379 e. The second kappa shape index (κ2) is 10.3. The number of halogens is 1. The third-order valence-corrected chi connectivity index (χ3v) is 5.92. The smallest absolute Gasteiger partial charge is 0.253 e. The van der Waals surface area contributed by atoms with Crippen LogP contribution >= 0.6 is 11.6 Å². The van der Waals surface area contributed by atoms with Crippen molar-refractivity contribution in [1.82, 2.24) is 20.6 Å². The zero-order valence-corrected chi connectivity index (χ0v) is 19.0. The summed E-state index contributed by atoms with van der Waals surface area (Å²) in [5.41, 5.74) is 3.39. The third kappa shape index (κ3) is 4.90. The van der Waals surface area contributed by atoms with Gasteiger partial charge in [0.05, 0.1) is 16.8 Å². The number of carbonyl (C=O) groups is 1. The molecule has 3 aromatic rings. The number of hydrogen-bond donors (Lipinski definition) is 3. The molecule has 1 aromatic heterocycles. The van der Waals surface area contributed by atoms with Gasteiger partial charge >= 0.3 is 0 Å². The van der Waals surface area contributed by atoms with Gasteiger partial charge < -0.3 is 20.9 Å². The zero-order valence-electron chi connectivity index (χ0n) is 18.2. The van der Waals surface area contributed by atoms with Crippen LogP contribution in [-0.4, -0.2) is 49.1 Å². The van der Waals surface area contributed by atoms with E-state index in [2.05, 4.69) is 36.9 Å². The number of amides is 1. The molecule has 1 fully saturated rings. The Morgan fingerprint density at radius 3 is 2.58 bits per heavy atom. The summed E-state index contributed by atoms with van der Waals surface area (Å²) in [6.45, 7) is 3.84. The van der Waals surface area contributed by atoms with Gasteiger partial charge in [0.15, 0.2) is 0 Å². The lowest BCUT2D eigenvalue weighted by molar-refractivity contribution is 0.0964. The van der Waals surface area contributed by atoms with Crippen LogP contribution in [0, 0.1) is 11.3 Å². The average molecular weight is 462 g/mol. The molecule has 1 aliphatic heterocycles. The van der Waals surface area contributed by atoms with Crippen LogP contribution in [0.2, 0.25) is 5.02 Å². The first-order valence-electron chi connectivity index (χ1n) is 10.7. The Balaban J connectivity index is 1.70. The van der Waals surface area contributed by atoms with Crippen molar-refractivity contribution in [2.75, 3.05) is 43.4 Å². The summed E-state index contributed by atoms with van der Waals surface area (Å²) in [5, 5.41) is 19.9. The minimum Gasteiger partial charge on any atom is -0.379 e. The number of carbonyl (C=O) groups excluding carboxylic acids is 1. The zero-order chi connectivity index (χ0) is 23.2. The van der Waals surface area contributed by atoms with E-state index in [1.165, 1.54) is 0 Å². The number of anilines is 2. The standard InChI is InChI=1S/C24H24ClN7O/c1-27-23(33)19-7-6-18(17-14-30-24(31-15-17)32-10-8-28-9-11-32)20(12-26)22(19)29-13-16-4-2-3-5-21(16)25/h2-7,14-15,28-29H,8-11,13H2,1H3,(H,27,33). The normalized spacial score (nSPS) is 13.3. The maximum Gasteiger partial charge on any atom is 0.253 e. The fourth-order valence-electron chi connectivity index (χ4n) is 3.78. The SMILES string of the molecule is CNC(=O)c1ccc(-c2cnc(N3CCNCC3)nc2)c(C#N)c1NCc1ccccc1Cl. The van der Waals surface area contributed by atoms with Gasteiger partial charge in [-0.3, -0.25) is 4.79 Å². The molecular weight excluding hydrogens is 438 g/mol. The van der Waals surface area contributed by atoms with E-state index in [0.717, 1.165) is 31.7 Å². The second-order valence-corrected chi connectivity index (χ2v) is 7.96. The van der Waals surface area contributed by atoms with E-state index in [1.807, 2.05) is 18.2 Å². The molecule has 0 saturated carbocycles. The lowest BCUT2D eigenvalue weighted by Gasteiger charge is -2.27. The van der Waals surface area contributed by atoms with Crippen LogP contribution < -0.4 is 20.9 Å². The van der Waals surface area contributed by atoms with E-state index in [0.29, 0.717) is 45.5 Å². The van der Waals surface area contributed by atoms with Gasteiger partial charge in [-0.05, 0) is 17.7 Å². The summed E-state index contributed by atoms with van der Waals surface area (Å²) in [6, 6.07) is 13.2. The lowest BCUT2D eigenvalue weighted by atomic mass is 9.97. The van der Waals surface area contributed by atoms with Crippen molar-refractivity contribution < 1.29 is 4.79 Å². The highest BCUT2D eigenvalue weighted by molar-refractivity contribution is 6.31. The summed E-state index contributed by atoms with van der Waals surface area (Å²) in [4.78, 5) is 23.7. The van der Waals surface area contributed by atoms with Crippen molar-refractivity contribution >= 4 is 29.1 Å². The Kier molecular flexibility index (Phi) is 7.03. The molecule has 0 radical (unpaired) electrons. The summed E-state index contributed by atoms with van der Waals surface area (Å²) in [6.07, 6.45) is 3.44. The topological polar surface area (TPSA) is 106 Å². The fourth-order valence-corrected chi connectivity index (χ4v) is 3.98. The molecule has 9 heteroatoms. The van der Waals surface area contributed by atoms with Crippen LogP contribution in [-0.2, 0) is 6.54 Å². The fraction of sp³-hybridized carbons (Fsp3) is 0.250. The number of rotatable bonds is 6. The molecule has 2 aromatic carbocycles. The molecule has 33 heavy (non-hydrogen) atoms. The molecule has 0 unspecified atom stereocenters. The predicted molar refractivity (Wildman–Crippen MR) is 129 cm³/mol. The first kappa shape index (κ1) is 22.5. The predicted octanol–water partition coefficient (Wildman–Crippen LogP) is 3.05. The lowest BCUT2D eigenvalue weighted by Crippen LogP contribution is -2.44. The molecule has 0 bridgehead atoms. The van der Waals surface area contributed by atoms with Crippen LogP contribution in [0.4, 0.5) is 11.6 Å². The minimum absolute atomic E-state index is 0.287. The summed E-state index contributed by atoms with van der Waals surface area (Å²) >= 11 is 6.29. The second-order valence-electron chi connectivity index (χ2n) is 7.56. The third-order valence-electron chi connectivity index (χ3n) is 5.55. The van der Waals surface area contributed by atoms with Crippen LogP contribution in [0.25, 0.3) is 11.1 Å². The molecule has 1 amide bonds. The Hall–Kier alpha value is -3.67. The quantitative estimate of drug-likeness (QED) is 0.518. The van der Waals surface area contributed by atoms with Gasteiger partial charge in [0, 0.05) is 68.3 Å². The van der Waals surface area contributed by atoms with Gasteiger partial charge in [-0.15, -0.1) is 0 Å². The van der Waals surface area contributed by atoms with Crippen LogP contribution in [0.3, 0.4) is 0 Å². The average Bonchev–Trinajstić information content (AvgIpc) is 2.87. The van der Waals surface area contributed by atoms with E-state index in [4.69, 9.17) is 11.6 Å². The monoisotopic (exact) mass is 461 g/mol. The molecular formula is C24H24ClN7O. The minimum atomic E-state index is -0.287. The number of nitrogens with one attached hydrogen (secondary N) is 3. The van der Waals surface area contributed by atoms with Crippen molar-refractivity contribution in [1.29, 1.82) is 5.26 Å². The Morgan fingerprint density at radius 2 is 1.91 bits per heavy atom. The van der Waals surface area contributed by atoms with Gasteiger partial charge in [-0.2, -0.15) is 5.26 Å². The first-order valence-corrected chi connectivity index (χ1v) is 11.0. The van der Waals surface area contributed by atoms with Gasteiger partial charge in [-0.1, -0.05) is 35.9 Å². The highest BCUT2D eigenvalue weighted by atomic mass is 35.5. The maximum atomic E-state index is 12.5. The van der Waals surface area contributed by atoms with E-state index >= 15 is 0 Å². The molecule has 4 rings (SSSR count). The number of aromatic nitrogens is 2. The molecule has 8 nitrogen and oxygen atoms in total. The van der Waals surface area contributed by atoms with Gasteiger partial charge in [-0.25, -0.2) is 9.97 Å². The van der Waals surface area contributed by atoms with Crippen molar-refractivity contribution in [3.05, 3.63) is 70.5 Å². The number of benzene rings is 2. The van der Waals surface area contributed by atoms with E-state index < -0.39 is 0 Å². The highest BCUT2D eigenvalue weighted by Gasteiger charge is 2.20. The van der Waals surface area contributed by atoms with E-state index in [-0.39, 0.29) is 5.91 Å². The Labute approximate surface area is 197 Å². The molecule has 0 spiro atoms. The molecule has 1 saturated heterocycles. The molecule has 3 N–H and O–H groups in total. The van der Waals surface area contributed by atoms with Crippen LogP contribution in [0.15, 0.2) is 48.8 Å². The van der Waals surface area contributed by atoms with Crippen LogP contribution in [0.5, 0.6) is 0 Å². The molecule has 168 valence electrons. The Bertz CT molecular complexity index is 1180. The molecule has 0 atom stereocenters. The van der Waals surface area contributed by atoms with Gasteiger partial charge in [0.2, 0.25) is 5.95 Å². The van der Waals surface area contributed by atoms with Gasteiger partial charge in [0.1, 0.15) is 6.07 Å². The highest BCUT2D eigenvalue weighted by Crippen LogP contribution is 2.32. The molecule has 2 heterocycles. The number of nitriles is 1. The van der Waals surface area contributed by atoms with E-state index in [9.17, 15) is 10.1 Å².